The first kappa shape index (κ1) is 26.9. The molecule has 0 aromatic heterocycles. The van der Waals surface area contributed by atoms with E-state index in [2.05, 4.69) is 66.0 Å². The van der Waals surface area contributed by atoms with Gasteiger partial charge in [0.05, 0.1) is 5.75 Å². The largest absolute Gasteiger partial charge is 0.299 e. The lowest BCUT2D eigenvalue weighted by Crippen LogP contribution is -2.47. The van der Waals surface area contributed by atoms with Crippen LogP contribution in [0.3, 0.4) is 0 Å². The van der Waals surface area contributed by atoms with Crippen LogP contribution in [0.5, 0.6) is 0 Å². The van der Waals surface area contributed by atoms with E-state index in [-0.39, 0.29) is 11.2 Å². The zero-order chi connectivity index (χ0) is 26.1. The molecule has 5 heteroatoms. The summed E-state index contributed by atoms with van der Waals surface area (Å²) in [4.78, 5) is 2.50. The standard InChI is InChI=1S/C32H38N2O2S/c1-27-26-34(22-12-18-29-15-7-4-8-16-29)23-21-32(27,2)30-19-11-20-31(25-30)33-37(35,36)24-10-9-17-28-13-5-3-6-14-28/h3-9,11-20,25,27,33H,10,21-24,26H2,1-2H3/b17-9+,18-12+. The minimum absolute atomic E-state index is 0.000479. The van der Waals surface area contributed by atoms with E-state index in [4.69, 9.17) is 0 Å². The fraction of sp³-hybridized carbons (Fsp3) is 0.312. The van der Waals surface area contributed by atoms with Crippen molar-refractivity contribution in [2.24, 2.45) is 5.92 Å². The summed E-state index contributed by atoms with van der Waals surface area (Å²) >= 11 is 0. The number of hydrogen-bond donors (Lipinski definition) is 1. The van der Waals surface area contributed by atoms with Crippen LogP contribution in [-0.2, 0) is 15.4 Å². The first-order valence-corrected chi connectivity index (χ1v) is 14.8. The number of likely N-dealkylation sites (tertiary alicyclic amines) is 1. The van der Waals surface area contributed by atoms with Crippen LogP contribution >= 0.6 is 0 Å². The van der Waals surface area contributed by atoms with Crippen molar-refractivity contribution in [3.05, 3.63) is 114 Å². The van der Waals surface area contributed by atoms with E-state index in [9.17, 15) is 8.42 Å². The summed E-state index contributed by atoms with van der Waals surface area (Å²) in [6.45, 7) is 7.59. The number of anilines is 1. The summed E-state index contributed by atoms with van der Waals surface area (Å²) in [5.41, 5.74) is 4.14. The second-order valence-corrected chi connectivity index (χ2v) is 12.1. The van der Waals surface area contributed by atoms with E-state index < -0.39 is 10.0 Å². The van der Waals surface area contributed by atoms with Crippen LogP contribution in [0, 0.1) is 5.92 Å². The predicted molar refractivity (Wildman–Crippen MR) is 157 cm³/mol. The smallest absolute Gasteiger partial charge is 0.233 e. The second-order valence-electron chi connectivity index (χ2n) is 10.2. The molecule has 0 amide bonds. The monoisotopic (exact) mass is 514 g/mol. The maximum atomic E-state index is 12.7. The Hall–Kier alpha value is -3.15. The number of nitrogens with one attached hydrogen (secondary N) is 1. The van der Waals surface area contributed by atoms with Crippen LogP contribution in [0.25, 0.3) is 12.2 Å². The molecule has 1 heterocycles. The SMILES string of the molecule is CC1CN(C/C=C/c2ccccc2)CCC1(C)c1cccc(NS(=O)(=O)CC/C=C/c2ccccc2)c1. The van der Waals surface area contributed by atoms with E-state index in [1.54, 1.807) is 0 Å². The molecule has 2 unspecified atom stereocenters. The molecule has 4 nitrogen and oxygen atoms in total. The number of hydrogen-bond acceptors (Lipinski definition) is 3. The molecule has 1 N–H and O–H groups in total. The van der Waals surface area contributed by atoms with Gasteiger partial charge in [-0.15, -0.1) is 0 Å². The number of rotatable bonds is 10. The van der Waals surface area contributed by atoms with Crippen LogP contribution in [0.1, 0.15) is 43.4 Å². The van der Waals surface area contributed by atoms with Crippen molar-refractivity contribution in [2.75, 3.05) is 30.1 Å². The second kappa shape index (κ2) is 12.4. The Morgan fingerprint density at radius 3 is 2.22 bits per heavy atom. The highest BCUT2D eigenvalue weighted by molar-refractivity contribution is 7.92. The Labute approximate surface area is 222 Å². The Morgan fingerprint density at radius 2 is 1.57 bits per heavy atom. The fourth-order valence-electron chi connectivity index (χ4n) is 4.99. The molecule has 0 spiro atoms. The highest BCUT2D eigenvalue weighted by Crippen LogP contribution is 2.40. The van der Waals surface area contributed by atoms with E-state index >= 15 is 0 Å². The molecule has 37 heavy (non-hydrogen) atoms. The van der Waals surface area contributed by atoms with Gasteiger partial charge < -0.3 is 0 Å². The molecule has 0 radical (unpaired) electrons. The van der Waals surface area contributed by atoms with Gasteiger partial charge in [-0.05, 0) is 59.5 Å². The Kier molecular flexibility index (Phi) is 9.01. The molecule has 1 aliphatic heterocycles. The zero-order valence-electron chi connectivity index (χ0n) is 21.9. The van der Waals surface area contributed by atoms with Crippen molar-refractivity contribution in [2.45, 2.75) is 32.1 Å². The van der Waals surface area contributed by atoms with Gasteiger partial charge in [-0.25, -0.2) is 8.42 Å². The number of sulfonamides is 1. The minimum Gasteiger partial charge on any atom is -0.299 e. The topological polar surface area (TPSA) is 49.4 Å². The maximum Gasteiger partial charge on any atom is 0.233 e. The van der Waals surface area contributed by atoms with Crippen molar-refractivity contribution in [3.8, 4) is 0 Å². The van der Waals surface area contributed by atoms with Crippen molar-refractivity contribution in [1.82, 2.24) is 4.90 Å². The highest BCUT2D eigenvalue weighted by Gasteiger charge is 2.37. The summed E-state index contributed by atoms with van der Waals surface area (Å²) in [6.07, 6.45) is 9.81. The summed E-state index contributed by atoms with van der Waals surface area (Å²) in [5, 5.41) is 0. The predicted octanol–water partition coefficient (Wildman–Crippen LogP) is 6.84. The van der Waals surface area contributed by atoms with Crippen LogP contribution in [0.2, 0.25) is 0 Å². The molecular formula is C32H38N2O2S. The van der Waals surface area contributed by atoms with Crippen molar-refractivity contribution in [3.63, 3.8) is 0 Å². The van der Waals surface area contributed by atoms with E-state index in [1.807, 2.05) is 66.7 Å². The van der Waals surface area contributed by atoms with Crippen molar-refractivity contribution in [1.29, 1.82) is 0 Å². The van der Waals surface area contributed by atoms with Gasteiger partial charge in [-0.1, -0.05) is 111 Å². The van der Waals surface area contributed by atoms with Crippen LogP contribution in [0.4, 0.5) is 5.69 Å². The minimum atomic E-state index is -3.43. The van der Waals surface area contributed by atoms with Gasteiger partial charge in [-0.3, -0.25) is 9.62 Å². The summed E-state index contributed by atoms with van der Waals surface area (Å²) < 4.78 is 28.3. The van der Waals surface area contributed by atoms with Gasteiger partial charge in [0.15, 0.2) is 0 Å². The third-order valence-corrected chi connectivity index (χ3v) is 8.82. The lowest BCUT2D eigenvalue weighted by molar-refractivity contribution is 0.122. The number of benzene rings is 3. The lowest BCUT2D eigenvalue weighted by Gasteiger charge is -2.45. The van der Waals surface area contributed by atoms with E-state index in [1.165, 1.54) is 11.1 Å². The van der Waals surface area contributed by atoms with Gasteiger partial charge in [0.2, 0.25) is 10.0 Å². The molecule has 4 rings (SSSR count). The summed E-state index contributed by atoms with van der Waals surface area (Å²) in [6, 6.07) is 28.3. The average Bonchev–Trinajstić information content (AvgIpc) is 2.90. The van der Waals surface area contributed by atoms with Gasteiger partial charge in [0.1, 0.15) is 0 Å². The average molecular weight is 515 g/mol. The molecular weight excluding hydrogens is 476 g/mol. The van der Waals surface area contributed by atoms with Crippen LogP contribution in [-0.4, -0.2) is 38.7 Å². The van der Waals surface area contributed by atoms with Crippen LogP contribution < -0.4 is 4.72 Å². The molecule has 3 aromatic rings. The van der Waals surface area contributed by atoms with Crippen molar-refractivity contribution >= 4 is 27.9 Å². The normalized spacial score (nSPS) is 21.0. The molecule has 194 valence electrons. The van der Waals surface area contributed by atoms with Gasteiger partial charge in [0.25, 0.3) is 0 Å². The quantitative estimate of drug-likeness (QED) is 0.322. The highest BCUT2D eigenvalue weighted by atomic mass is 32.2. The fourth-order valence-corrected chi connectivity index (χ4v) is 6.02. The number of piperidine rings is 1. The Balaban J connectivity index is 1.33. The van der Waals surface area contributed by atoms with Gasteiger partial charge in [0, 0.05) is 18.8 Å². The molecule has 0 saturated carbocycles. The lowest BCUT2D eigenvalue weighted by atomic mass is 9.68. The number of allylic oxidation sites excluding steroid dienone is 1. The molecule has 2 atom stereocenters. The Bertz CT molecular complexity index is 1300. The molecule has 3 aromatic carbocycles. The number of nitrogens with zero attached hydrogens (tertiary/aromatic N) is 1. The Morgan fingerprint density at radius 1 is 0.919 bits per heavy atom. The first-order chi connectivity index (χ1) is 17.8. The summed E-state index contributed by atoms with van der Waals surface area (Å²) in [5.74, 6) is 0.501. The van der Waals surface area contributed by atoms with Crippen molar-refractivity contribution < 1.29 is 8.42 Å². The van der Waals surface area contributed by atoms with E-state index in [0.717, 1.165) is 31.6 Å². The maximum absolute atomic E-state index is 12.7. The first-order valence-electron chi connectivity index (χ1n) is 13.1. The summed E-state index contributed by atoms with van der Waals surface area (Å²) in [7, 11) is -3.43. The molecule has 1 fully saturated rings. The van der Waals surface area contributed by atoms with E-state index in [0.29, 0.717) is 18.0 Å². The molecule has 1 aliphatic rings. The third-order valence-electron chi connectivity index (χ3n) is 7.50. The van der Waals surface area contributed by atoms with Gasteiger partial charge in [-0.2, -0.15) is 0 Å². The molecule has 0 bridgehead atoms. The molecule has 1 saturated heterocycles. The van der Waals surface area contributed by atoms with Crippen LogP contribution in [0.15, 0.2) is 97.1 Å². The zero-order valence-corrected chi connectivity index (χ0v) is 22.7. The van der Waals surface area contributed by atoms with Gasteiger partial charge >= 0.3 is 0 Å². The third kappa shape index (κ3) is 7.67. The molecule has 0 aliphatic carbocycles.